The fraction of sp³-hybridized carbons (Fsp3) is 0.667. The van der Waals surface area contributed by atoms with E-state index < -0.39 is 5.60 Å². The van der Waals surface area contributed by atoms with Crippen LogP contribution in [-0.4, -0.2) is 51.5 Å². The van der Waals surface area contributed by atoms with Gasteiger partial charge in [-0.05, 0) is 49.5 Å². The van der Waals surface area contributed by atoms with Crippen molar-refractivity contribution in [2.45, 2.75) is 59.0 Å². The SMILES string of the molecule is C[C@@H]1C[C@H]2C[C@@](O)(C1)C[C@@H](C)[C@@H]2C1=NN2CC(C)(C)COB2c2cnc3[nH]ccc3c21. The molecule has 2 N–H and O–H groups in total. The highest BCUT2D eigenvalue weighted by atomic mass is 16.5. The molecule has 4 heterocycles. The highest BCUT2D eigenvalue weighted by Gasteiger charge is 2.52. The predicted octanol–water partition coefficient (Wildman–Crippen LogP) is 3.16. The third kappa shape index (κ3) is 3.07. The van der Waals surface area contributed by atoms with E-state index in [2.05, 4.69) is 43.7 Å². The summed E-state index contributed by atoms with van der Waals surface area (Å²) < 4.78 is 6.35. The normalized spacial score (nSPS) is 36.7. The zero-order valence-electron chi connectivity index (χ0n) is 19.1. The Balaban J connectivity index is 1.51. The van der Waals surface area contributed by atoms with E-state index in [4.69, 9.17) is 14.7 Å². The highest BCUT2D eigenvalue weighted by molar-refractivity contribution is 6.67. The van der Waals surface area contributed by atoms with Crippen LogP contribution in [0.4, 0.5) is 0 Å². The summed E-state index contributed by atoms with van der Waals surface area (Å²) in [5.41, 5.74) is 4.02. The molecule has 0 aromatic carbocycles. The Bertz CT molecular complexity index is 1060. The average molecular weight is 420 g/mol. The molecule has 164 valence electrons. The van der Waals surface area contributed by atoms with Crippen molar-refractivity contribution in [3.63, 3.8) is 0 Å². The monoisotopic (exact) mass is 420 g/mol. The van der Waals surface area contributed by atoms with Crippen LogP contribution in [0.3, 0.4) is 0 Å². The first kappa shape index (κ1) is 19.8. The molecular formula is C24H33BN4O2. The minimum Gasteiger partial charge on any atom is -0.411 e. The lowest BCUT2D eigenvalue weighted by Gasteiger charge is -2.52. The topological polar surface area (TPSA) is 73.7 Å². The number of hydrogen-bond acceptors (Lipinski definition) is 5. The molecule has 7 heteroatoms. The summed E-state index contributed by atoms with van der Waals surface area (Å²) in [6, 6.07) is 2.13. The van der Waals surface area contributed by atoms with Crippen molar-refractivity contribution in [3.8, 4) is 0 Å². The van der Waals surface area contributed by atoms with E-state index in [1.165, 1.54) is 17.7 Å². The van der Waals surface area contributed by atoms with Gasteiger partial charge >= 0.3 is 7.05 Å². The predicted molar refractivity (Wildman–Crippen MR) is 123 cm³/mol. The van der Waals surface area contributed by atoms with Gasteiger partial charge in [0, 0.05) is 53.3 Å². The first-order valence-electron chi connectivity index (χ1n) is 11.9. The number of nitrogens with one attached hydrogen (secondary N) is 1. The summed E-state index contributed by atoms with van der Waals surface area (Å²) in [6.45, 7) is 10.7. The molecule has 0 amide bonds. The Kier molecular flexibility index (Phi) is 4.20. The smallest absolute Gasteiger partial charge is 0.411 e. The maximum Gasteiger partial charge on any atom is 0.471 e. The molecule has 4 aliphatic rings. The van der Waals surface area contributed by atoms with Crippen LogP contribution in [0.25, 0.3) is 11.0 Å². The number of pyridine rings is 1. The number of aromatic nitrogens is 2. The Morgan fingerprint density at radius 1 is 1.26 bits per heavy atom. The lowest BCUT2D eigenvalue weighted by molar-refractivity contribution is -0.0918. The molecule has 6 rings (SSSR count). The maximum absolute atomic E-state index is 11.3. The number of aromatic amines is 1. The molecule has 2 aromatic heterocycles. The van der Waals surface area contributed by atoms with E-state index in [0.717, 1.165) is 48.9 Å². The van der Waals surface area contributed by atoms with Crippen LogP contribution in [0.15, 0.2) is 23.6 Å². The first-order chi connectivity index (χ1) is 14.7. The van der Waals surface area contributed by atoms with E-state index in [9.17, 15) is 5.11 Å². The number of aliphatic hydroxyl groups is 1. The zero-order chi connectivity index (χ0) is 21.5. The first-order valence-corrected chi connectivity index (χ1v) is 11.9. The van der Waals surface area contributed by atoms with Gasteiger partial charge in [-0.2, -0.15) is 5.10 Å². The maximum atomic E-state index is 11.3. The lowest BCUT2D eigenvalue weighted by Crippen LogP contribution is -2.62. The van der Waals surface area contributed by atoms with Gasteiger partial charge in [0.1, 0.15) is 5.65 Å². The van der Waals surface area contributed by atoms with E-state index in [0.29, 0.717) is 23.7 Å². The quantitative estimate of drug-likeness (QED) is 0.696. The van der Waals surface area contributed by atoms with Crippen molar-refractivity contribution in [3.05, 3.63) is 24.0 Å². The standard InChI is InChI=1S/C24H33BN4O2/c1-14-7-16-10-24(30,8-14)9-15(2)19(16)21-20-17-5-6-26-22(17)27-11-18(20)25-29(28-21)12-23(3,4)13-31-25/h5-6,11,14-16,19,30H,7-10,12-13H2,1-4H3,(H,26,27)/t14-,15-,16+,19+,24-/m1/s1. The van der Waals surface area contributed by atoms with Crippen LogP contribution in [0.5, 0.6) is 0 Å². The largest absolute Gasteiger partial charge is 0.471 e. The summed E-state index contributed by atoms with van der Waals surface area (Å²) >= 11 is 0. The van der Waals surface area contributed by atoms with Gasteiger partial charge in [-0.1, -0.05) is 27.7 Å². The van der Waals surface area contributed by atoms with E-state index in [1.54, 1.807) is 0 Å². The Morgan fingerprint density at radius 2 is 2.10 bits per heavy atom. The Labute approximate surface area is 184 Å². The van der Waals surface area contributed by atoms with Crippen LogP contribution >= 0.6 is 0 Å². The van der Waals surface area contributed by atoms with Gasteiger partial charge < -0.3 is 19.7 Å². The van der Waals surface area contributed by atoms with Crippen molar-refractivity contribution in [2.24, 2.45) is 34.2 Å². The van der Waals surface area contributed by atoms with Crippen molar-refractivity contribution < 1.29 is 9.76 Å². The van der Waals surface area contributed by atoms with Gasteiger partial charge in [0.2, 0.25) is 0 Å². The van der Waals surface area contributed by atoms with Crippen molar-refractivity contribution >= 4 is 29.3 Å². The van der Waals surface area contributed by atoms with Crippen LogP contribution in [0.2, 0.25) is 0 Å². The van der Waals surface area contributed by atoms with Crippen LogP contribution < -0.4 is 5.46 Å². The van der Waals surface area contributed by atoms with Crippen molar-refractivity contribution in [1.82, 2.24) is 14.9 Å². The molecule has 0 radical (unpaired) electrons. The van der Waals surface area contributed by atoms with Crippen LogP contribution in [-0.2, 0) is 4.65 Å². The molecule has 2 bridgehead atoms. The van der Waals surface area contributed by atoms with E-state index in [-0.39, 0.29) is 12.5 Å². The fourth-order valence-corrected chi connectivity index (χ4v) is 7.24. The van der Waals surface area contributed by atoms with Gasteiger partial charge in [0.15, 0.2) is 0 Å². The summed E-state index contributed by atoms with van der Waals surface area (Å²) in [4.78, 5) is 10.2. The summed E-state index contributed by atoms with van der Waals surface area (Å²) in [5.74, 6) is 1.74. The second kappa shape index (κ2) is 6.58. The molecule has 2 aliphatic heterocycles. The Hall–Kier alpha value is -1.86. The number of rotatable bonds is 1. The number of nitrogens with zero attached hydrogens (tertiary/aromatic N) is 3. The summed E-state index contributed by atoms with van der Waals surface area (Å²) in [7, 11) is -0.167. The molecule has 2 saturated carbocycles. The minimum atomic E-state index is -0.503. The van der Waals surface area contributed by atoms with Gasteiger partial charge in [-0.25, -0.2) is 4.98 Å². The zero-order valence-corrected chi connectivity index (χ0v) is 19.1. The lowest BCUT2D eigenvalue weighted by atomic mass is 9.55. The fourth-order valence-electron chi connectivity index (χ4n) is 7.24. The molecular weight excluding hydrogens is 387 g/mol. The number of hydrogen-bond donors (Lipinski definition) is 2. The molecule has 0 unspecified atom stereocenters. The average Bonchev–Trinajstić information content (AvgIpc) is 3.13. The number of fused-ring (bicyclic) bond motifs is 7. The molecule has 3 fully saturated rings. The number of hydrazone groups is 1. The van der Waals surface area contributed by atoms with Gasteiger partial charge in [-0.15, -0.1) is 0 Å². The summed E-state index contributed by atoms with van der Waals surface area (Å²) in [6.07, 6.45) is 7.82. The number of H-pyrrole nitrogens is 1. The third-order valence-corrected chi connectivity index (χ3v) is 8.08. The highest BCUT2D eigenvalue weighted by Crippen LogP contribution is 2.51. The molecule has 2 aromatic rings. The molecule has 0 spiro atoms. The van der Waals surface area contributed by atoms with Gasteiger partial charge in [0.25, 0.3) is 0 Å². The Morgan fingerprint density at radius 3 is 2.94 bits per heavy atom. The van der Waals surface area contributed by atoms with Gasteiger partial charge in [-0.3, -0.25) is 0 Å². The van der Waals surface area contributed by atoms with Gasteiger partial charge in [0.05, 0.1) is 11.3 Å². The minimum absolute atomic E-state index is 0.0615. The van der Waals surface area contributed by atoms with E-state index >= 15 is 0 Å². The second-order valence-corrected chi connectivity index (χ2v) is 11.7. The molecule has 1 saturated heterocycles. The molecule has 31 heavy (non-hydrogen) atoms. The van der Waals surface area contributed by atoms with Crippen molar-refractivity contribution in [1.29, 1.82) is 0 Å². The molecule has 5 atom stereocenters. The molecule has 6 nitrogen and oxygen atoms in total. The second-order valence-electron chi connectivity index (χ2n) is 11.7. The molecule has 2 aliphatic carbocycles. The third-order valence-electron chi connectivity index (χ3n) is 8.08. The summed E-state index contributed by atoms with van der Waals surface area (Å²) in [5, 5.41) is 17.7. The van der Waals surface area contributed by atoms with E-state index in [1.807, 2.05) is 12.4 Å². The van der Waals surface area contributed by atoms with Crippen molar-refractivity contribution in [2.75, 3.05) is 13.2 Å². The van der Waals surface area contributed by atoms with Crippen LogP contribution in [0.1, 0.15) is 58.9 Å². The van der Waals surface area contributed by atoms with Crippen LogP contribution in [0, 0.1) is 29.1 Å².